The summed E-state index contributed by atoms with van der Waals surface area (Å²) in [6.45, 7) is 7.89. The van der Waals surface area contributed by atoms with E-state index >= 15 is 0 Å². The van der Waals surface area contributed by atoms with Crippen molar-refractivity contribution in [3.63, 3.8) is 0 Å². The molecule has 0 aliphatic carbocycles. The molecule has 162 valence electrons. The van der Waals surface area contributed by atoms with Crippen molar-refractivity contribution >= 4 is 10.8 Å². The van der Waals surface area contributed by atoms with Crippen LogP contribution in [0.25, 0.3) is 10.8 Å². The maximum Gasteiger partial charge on any atom is 0.228 e. The van der Waals surface area contributed by atoms with Crippen molar-refractivity contribution in [1.29, 1.82) is 5.41 Å². The zero-order chi connectivity index (χ0) is 22.1. The molecule has 6 heteroatoms. The highest BCUT2D eigenvalue weighted by atomic mass is 16.5. The van der Waals surface area contributed by atoms with Crippen molar-refractivity contribution in [1.82, 2.24) is 19.4 Å². The van der Waals surface area contributed by atoms with Crippen molar-refractivity contribution in [3.8, 4) is 11.6 Å². The first-order valence-corrected chi connectivity index (χ1v) is 11.2. The molecule has 1 aliphatic rings. The average Bonchev–Trinajstić information content (AvgIpc) is 2.85. The number of ether oxygens (including phenoxy) is 1. The Morgan fingerprint density at radius 3 is 2.66 bits per heavy atom. The van der Waals surface area contributed by atoms with Gasteiger partial charge in [-0.1, -0.05) is 50.2 Å². The van der Waals surface area contributed by atoms with E-state index in [2.05, 4.69) is 53.0 Å². The second kappa shape index (κ2) is 8.55. The lowest BCUT2D eigenvalue weighted by Gasteiger charge is -2.29. The number of pyridine rings is 1. The molecule has 2 aromatic heterocycles. The molecule has 3 heterocycles. The van der Waals surface area contributed by atoms with E-state index in [9.17, 15) is 0 Å². The smallest absolute Gasteiger partial charge is 0.228 e. The molecule has 6 nitrogen and oxygen atoms in total. The van der Waals surface area contributed by atoms with E-state index < -0.39 is 0 Å². The molecule has 5 rings (SSSR count). The van der Waals surface area contributed by atoms with Crippen molar-refractivity contribution in [2.24, 2.45) is 0 Å². The predicted molar refractivity (Wildman–Crippen MR) is 125 cm³/mol. The van der Waals surface area contributed by atoms with Gasteiger partial charge < -0.3 is 14.2 Å². The molecule has 0 spiro atoms. The summed E-state index contributed by atoms with van der Waals surface area (Å²) in [5.74, 6) is 1.12. The normalized spacial score (nSPS) is 14.8. The van der Waals surface area contributed by atoms with Gasteiger partial charge >= 0.3 is 0 Å². The number of hydrogen-bond donors (Lipinski definition) is 1. The lowest BCUT2D eigenvalue weighted by Crippen LogP contribution is -2.34. The zero-order valence-electron chi connectivity index (χ0n) is 18.5. The number of hydrogen-bond acceptors (Lipinski definition) is 5. The minimum absolute atomic E-state index is 0.172. The molecule has 1 aliphatic heterocycles. The van der Waals surface area contributed by atoms with Crippen LogP contribution in [0.1, 0.15) is 36.5 Å². The van der Waals surface area contributed by atoms with Gasteiger partial charge in [0.2, 0.25) is 5.88 Å². The second-order valence-electron chi connectivity index (χ2n) is 8.05. The first-order valence-electron chi connectivity index (χ1n) is 11.2. The van der Waals surface area contributed by atoms with Gasteiger partial charge in [-0.05, 0) is 41.6 Å². The average molecular weight is 426 g/mol. The third-order valence-electron chi connectivity index (χ3n) is 6.37. The number of nitrogens with one attached hydrogen (secondary N) is 1. The van der Waals surface area contributed by atoms with Gasteiger partial charge in [0, 0.05) is 37.0 Å². The van der Waals surface area contributed by atoms with E-state index in [1.165, 1.54) is 0 Å². The SMILES string of the molecule is CCN(CC)CCn1cnc2c(c1=N)C(c1cccnc1)c1c(ccc3ccccc13)O2. The van der Waals surface area contributed by atoms with Gasteiger partial charge in [-0.15, -0.1) is 0 Å². The standard InChI is InChI=1S/C26H27N5O/c1-3-30(4-2)14-15-31-17-29-26-24(25(31)27)22(19-9-7-13-28-16-19)23-20-10-6-5-8-18(20)11-12-21(23)32-26/h5-13,16-17,22,27H,3-4,14-15H2,1-2H3. The van der Waals surface area contributed by atoms with Crippen LogP contribution in [0.15, 0.2) is 67.3 Å². The summed E-state index contributed by atoms with van der Waals surface area (Å²) < 4.78 is 8.20. The number of likely N-dealkylation sites (N-methyl/N-ethyl adjacent to an activating group) is 1. The van der Waals surface area contributed by atoms with Gasteiger partial charge in [0.05, 0.1) is 5.56 Å². The summed E-state index contributed by atoms with van der Waals surface area (Å²) >= 11 is 0. The molecule has 0 fully saturated rings. The summed E-state index contributed by atoms with van der Waals surface area (Å²) in [6.07, 6.45) is 5.40. The Morgan fingerprint density at radius 1 is 1.03 bits per heavy atom. The number of fused-ring (bicyclic) bond motifs is 4. The number of benzene rings is 2. The van der Waals surface area contributed by atoms with E-state index in [1.807, 2.05) is 35.0 Å². The highest BCUT2D eigenvalue weighted by molar-refractivity contribution is 5.90. The molecular formula is C26H27N5O. The van der Waals surface area contributed by atoms with E-state index in [4.69, 9.17) is 10.1 Å². The summed E-state index contributed by atoms with van der Waals surface area (Å²) in [4.78, 5) is 11.4. The monoisotopic (exact) mass is 425 g/mol. The molecule has 0 radical (unpaired) electrons. The molecular weight excluding hydrogens is 398 g/mol. The van der Waals surface area contributed by atoms with E-state index in [0.717, 1.165) is 52.8 Å². The molecule has 32 heavy (non-hydrogen) atoms. The minimum Gasteiger partial charge on any atom is -0.438 e. The third-order valence-corrected chi connectivity index (χ3v) is 6.37. The largest absolute Gasteiger partial charge is 0.438 e. The molecule has 0 saturated carbocycles. The lowest BCUT2D eigenvalue weighted by atomic mass is 9.82. The van der Waals surface area contributed by atoms with Gasteiger partial charge in [-0.25, -0.2) is 4.98 Å². The fraction of sp³-hybridized carbons (Fsp3) is 0.269. The number of aromatic nitrogens is 3. The molecule has 0 bridgehead atoms. The van der Waals surface area contributed by atoms with Crippen LogP contribution in [0.5, 0.6) is 11.6 Å². The summed E-state index contributed by atoms with van der Waals surface area (Å²) in [6, 6.07) is 16.4. The van der Waals surface area contributed by atoms with Crippen LogP contribution in [-0.2, 0) is 6.54 Å². The summed E-state index contributed by atoms with van der Waals surface area (Å²) in [5.41, 5.74) is 3.34. The van der Waals surface area contributed by atoms with E-state index in [0.29, 0.717) is 17.9 Å². The van der Waals surface area contributed by atoms with Crippen LogP contribution >= 0.6 is 0 Å². The quantitative estimate of drug-likeness (QED) is 0.434. The Bertz CT molecular complexity index is 1310. The molecule has 0 amide bonds. The topological polar surface area (TPSA) is 67.0 Å². The zero-order valence-corrected chi connectivity index (χ0v) is 18.5. The number of rotatable bonds is 6. The van der Waals surface area contributed by atoms with Crippen molar-refractivity contribution in [2.75, 3.05) is 19.6 Å². The van der Waals surface area contributed by atoms with Crippen LogP contribution in [0, 0.1) is 5.41 Å². The molecule has 4 aromatic rings. The van der Waals surface area contributed by atoms with Crippen LogP contribution in [0.4, 0.5) is 0 Å². The van der Waals surface area contributed by atoms with Gasteiger partial charge in [-0.2, -0.15) is 0 Å². The van der Waals surface area contributed by atoms with Gasteiger partial charge in [0.1, 0.15) is 17.6 Å². The maximum absolute atomic E-state index is 9.12. The van der Waals surface area contributed by atoms with Crippen LogP contribution in [0.3, 0.4) is 0 Å². The van der Waals surface area contributed by atoms with Crippen molar-refractivity contribution in [3.05, 3.63) is 89.4 Å². The summed E-state index contributed by atoms with van der Waals surface area (Å²) in [5, 5.41) is 11.4. The Labute approximate surface area is 187 Å². The minimum atomic E-state index is -0.172. The third kappa shape index (κ3) is 3.46. The van der Waals surface area contributed by atoms with Crippen LogP contribution < -0.4 is 10.2 Å². The fourth-order valence-electron chi connectivity index (χ4n) is 4.60. The fourth-order valence-corrected chi connectivity index (χ4v) is 4.60. The molecule has 0 saturated heterocycles. The lowest BCUT2D eigenvalue weighted by molar-refractivity contribution is 0.286. The highest BCUT2D eigenvalue weighted by Gasteiger charge is 2.33. The molecule has 1 unspecified atom stereocenters. The van der Waals surface area contributed by atoms with Gasteiger partial charge in [0.25, 0.3) is 0 Å². The maximum atomic E-state index is 9.12. The molecule has 1 N–H and O–H groups in total. The van der Waals surface area contributed by atoms with Crippen molar-refractivity contribution in [2.45, 2.75) is 26.3 Å². The van der Waals surface area contributed by atoms with Crippen LogP contribution in [-0.4, -0.2) is 39.1 Å². The Balaban J connectivity index is 1.70. The number of nitrogens with zero attached hydrogens (tertiary/aromatic N) is 4. The van der Waals surface area contributed by atoms with Crippen molar-refractivity contribution < 1.29 is 4.74 Å². The van der Waals surface area contributed by atoms with Gasteiger partial charge in [0.15, 0.2) is 0 Å². The Kier molecular flexibility index (Phi) is 5.45. The van der Waals surface area contributed by atoms with E-state index in [1.54, 1.807) is 12.5 Å². The second-order valence-corrected chi connectivity index (χ2v) is 8.05. The van der Waals surface area contributed by atoms with E-state index in [-0.39, 0.29) is 5.92 Å². The molecule has 1 atom stereocenters. The van der Waals surface area contributed by atoms with Gasteiger partial charge in [-0.3, -0.25) is 10.4 Å². The Hall–Kier alpha value is -3.51. The van der Waals surface area contributed by atoms with Crippen LogP contribution in [0.2, 0.25) is 0 Å². The predicted octanol–water partition coefficient (Wildman–Crippen LogP) is 4.54. The highest BCUT2D eigenvalue weighted by Crippen LogP contribution is 2.47. The first-order chi connectivity index (χ1) is 15.7. The first kappa shape index (κ1) is 20.4. The molecule has 2 aromatic carbocycles. The summed E-state index contributed by atoms with van der Waals surface area (Å²) in [7, 11) is 0. The Morgan fingerprint density at radius 2 is 1.88 bits per heavy atom.